The molecule has 1 aromatic carbocycles. The van der Waals surface area contributed by atoms with E-state index in [2.05, 4.69) is 4.74 Å². The second-order valence-corrected chi connectivity index (χ2v) is 4.23. The highest BCUT2D eigenvalue weighted by Gasteiger charge is 2.15. The number of methoxy groups -OCH3 is 1. The van der Waals surface area contributed by atoms with Crippen molar-refractivity contribution in [3.63, 3.8) is 0 Å². The molecule has 0 heterocycles. The Labute approximate surface area is 81.9 Å². The number of halogens is 1. The SMILES string of the molecule is COC(=O)c1ccccc1P(O)Cl. The molecule has 0 amide bonds. The molecular formula is C8H8ClO3P. The summed E-state index contributed by atoms with van der Waals surface area (Å²) in [5.74, 6) is -0.488. The first-order valence-electron chi connectivity index (χ1n) is 3.49. The van der Waals surface area contributed by atoms with Gasteiger partial charge in [0, 0.05) is 5.30 Å². The molecule has 0 fully saturated rings. The summed E-state index contributed by atoms with van der Waals surface area (Å²) in [6.07, 6.45) is 0. The lowest BCUT2D eigenvalue weighted by Gasteiger charge is -2.06. The summed E-state index contributed by atoms with van der Waals surface area (Å²) in [7, 11) is -0.498. The summed E-state index contributed by atoms with van der Waals surface area (Å²) < 4.78 is 4.53. The standard InChI is InChI=1S/C8H8ClO3P/c1-12-8(10)6-4-2-3-5-7(6)13(9)11/h2-5,11H,1H3. The van der Waals surface area contributed by atoms with Gasteiger partial charge in [0.1, 0.15) is 0 Å². The smallest absolute Gasteiger partial charge is 0.338 e. The molecule has 0 saturated heterocycles. The van der Waals surface area contributed by atoms with E-state index in [1.165, 1.54) is 7.11 Å². The molecule has 0 aromatic heterocycles. The molecule has 0 aliphatic carbocycles. The van der Waals surface area contributed by atoms with Crippen molar-refractivity contribution in [2.45, 2.75) is 0 Å². The van der Waals surface area contributed by atoms with E-state index in [4.69, 9.17) is 11.2 Å². The van der Waals surface area contributed by atoms with Gasteiger partial charge in [0.25, 0.3) is 0 Å². The molecule has 0 bridgehead atoms. The first-order chi connectivity index (χ1) is 6.16. The highest BCUT2D eigenvalue weighted by Crippen LogP contribution is 2.35. The average Bonchev–Trinajstić information content (AvgIpc) is 2.16. The molecule has 1 N–H and O–H groups in total. The number of carbonyl (C=O) groups excluding carboxylic acids is 1. The van der Waals surface area contributed by atoms with Crippen LogP contribution in [0.15, 0.2) is 24.3 Å². The summed E-state index contributed by atoms with van der Waals surface area (Å²) in [5, 5.41) is 0.422. The minimum atomic E-state index is -1.78. The maximum Gasteiger partial charge on any atom is 0.338 e. The minimum Gasteiger partial charge on any atom is -0.465 e. The van der Waals surface area contributed by atoms with Gasteiger partial charge in [-0.1, -0.05) is 29.4 Å². The Morgan fingerprint density at radius 3 is 2.69 bits per heavy atom. The molecule has 1 unspecified atom stereocenters. The van der Waals surface area contributed by atoms with Crippen LogP contribution in [0.2, 0.25) is 0 Å². The number of benzene rings is 1. The van der Waals surface area contributed by atoms with E-state index in [0.29, 0.717) is 10.9 Å². The molecule has 1 aromatic rings. The first-order valence-corrected chi connectivity index (χ1v) is 5.69. The topological polar surface area (TPSA) is 46.5 Å². The van der Waals surface area contributed by atoms with E-state index in [0.717, 1.165) is 0 Å². The second kappa shape index (κ2) is 4.56. The summed E-state index contributed by atoms with van der Waals surface area (Å²) >= 11 is 5.52. The van der Waals surface area contributed by atoms with Gasteiger partial charge in [0.2, 0.25) is 0 Å². The fourth-order valence-electron chi connectivity index (χ4n) is 0.917. The number of carbonyl (C=O) groups is 1. The van der Waals surface area contributed by atoms with E-state index >= 15 is 0 Å². The van der Waals surface area contributed by atoms with Gasteiger partial charge in [-0.25, -0.2) is 4.79 Å². The maximum atomic E-state index is 11.2. The van der Waals surface area contributed by atoms with E-state index in [1.807, 2.05) is 0 Å². The van der Waals surface area contributed by atoms with E-state index in [9.17, 15) is 9.69 Å². The number of ether oxygens (including phenoxy) is 1. The van der Waals surface area contributed by atoms with E-state index in [-0.39, 0.29) is 0 Å². The minimum absolute atomic E-state index is 0.314. The fourth-order valence-corrected chi connectivity index (χ4v) is 1.93. The summed E-state index contributed by atoms with van der Waals surface area (Å²) in [5.41, 5.74) is 0.314. The van der Waals surface area contributed by atoms with Crippen LogP contribution in [-0.4, -0.2) is 18.0 Å². The van der Waals surface area contributed by atoms with Gasteiger partial charge in [-0.15, -0.1) is 0 Å². The van der Waals surface area contributed by atoms with Crippen molar-refractivity contribution in [1.82, 2.24) is 0 Å². The molecule has 3 nitrogen and oxygen atoms in total. The van der Waals surface area contributed by atoms with Crippen LogP contribution in [0.3, 0.4) is 0 Å². The fraction of sp³-hybridized carbons (Fsp3) is 0.125. The second-order valence-electron chi connectivity index (χ2n) is 2.27. The van der Waals surface area contributed by atoms with Gasteiger partial charge in [-0.05, 0) is 6.07 Å². The molecule has 0 aliphatic rings. The monoisotopic (exact) mass is 218 g/mol. The highest BCUT2D eigenvalue weighted by molar-refractivity contribution is 7.85. The first kappa shape index (κ1) is 10.5. The van der Waals surface area contributed by atoms with Crippen molar-refractivity contribution in [2.24, 2.45) is 0 Å². The molecule has 0 saturated carbocycles. The average molecular weight is 219 g/mol. The van der Waals surface area contributed by atoms with Gasteiger partial charge < -0.3 is 9.63 Å². The number of esters is 1. The highest BCUT2D eigenvalue weighted by atomic mass is 35.7. The zero-order chi connectivity index (χ0) is 9.84. The van der Waals surface area contributed by atoms with Crippen molar-refractivity contribution in [1.29, 1.82) is 0 Å². The van der Waals surface area contributed by atoms with Crippen molar-refractivity contribution < 1.29 is 14.4 Å². The Kier molecular flexibility index (Phi) is 3.67. The van der Waals surface area contributed by atoms with Gasteiger partial charge in [0.05, 0.1) is 12.7 Å². The third-order valence-electron chi connectivity index (χ3n) is 1.51. The van der Waals surface area contributed by atoms with Crippen LogP contribution < -0.4 is 5.30 Å². The van der Waals surface area contributed by atoms with Crippen LogP contribution in [-0.2, 0) is 4.74 Å². The quantitative estimate of drug-likeness (QED) is 0.606. The van der Waals surface area contributed by atoms with Gasteiger partial charge in [-0.2, -0.15) is 0 Å². The lowest BCUT2D eigenvalue weighted by molar-refractivity contribution is 0.0602. The molecular weight excluding hydrogens is 211 g/mol. The van der Waals surface area contributed by atoms with Crippen molar-refractivity contribution in [2.75, 3.05) is 7.11 Å². The molecule has 70 valence electrons. The van der Waals surface area contributed by atoms with E-state index < -0.39 is 13.5 Å². The summed E-state index contributed by atoms with van der Waals surface area (Å²) in [4.78, 5) is 20.3. The largest absolute Gasteiger partial charge is 0.465 e. The predicted octanol–water partition coefficient (Wildman–Crippen LogP) is 1.64. The van der Waals surface area contributed by atoms with Gasteiger partial charge in [-0.3, -0.25) is 0 Å². The summed E-state index contributed by atoms with van der Waals surface area (Å²) in [6, 6.07) is 6.56. The van der Waals surface area contributed by atoms with Crippen LogP contribution in [0.1, 0.15) is 10.4 Å². The van der Waals surface area contributed by atoms with Gasteiger partial charge in [0.15, 0.2) is 7.50 Å². The van der Waals surface area contributed by atoms with Crippen molar-refractivity contribution in [3.8, 4) is 0 Å². The van der Waals surface area contributed by atoms with Crippen LogP contribution in [0.5, 0.6) is 0 Å². The maximum absolute atomic E-state index is 11.2. The zero-order valence-corrected chi connectivity index (χ0v) is 8.55. The lowest BCUT2D eigenvalue weighted by Crippen LogP contribution is -2.13. The Morgan fingerprint density at radius 1 is 1.54 bits per heavy atom. The Hall–Kier alpha value is -0.630. The number of hydrogen-bond donors (Lipinski definition) is 1. The van der Waals surface area contributed by atoms with Crippen LogP contribution in [0, 0.1) is 0 Å². The molecule has 5 heteroatoms. The number of hydrogen-bond acceptors (Lipinski definition) is 3. The molecule has 0 spiro atoms. The molecule has 0 radical (unpaired) electrons. The predicted molar refractivity (Wildman–Crippen MR) is 52.4 cm³/mol. The lowest BCUT2D eigenvalue weighted by atomic mass is 10.2. The van der Waals surface area contributed by atoms with Crippen molar-refractivity contribution in [3.05, 3.63) is 29.8 Å². The molecule has 13 heavy (non-hydrogen) atoms. The molecule has 0 aliphatic heterocycles. The van der Waals surface area contributed by atoms with Crippen LogP contribution in [0.25, 0.3) is 0 Å². The summed E-state index contributed by atoms with van der Waals surface area (Å²) in [6.45, 7) is 0. The van der Waals surface area contributed by atoms with E-state index in [1.54, 1.807) is 24.3 Å². The number of rotatable bonds is 2. The Morgan fingerprint density at radius 2 is 2.15 bits per heavy atom. The zero-order valence-electron chi connectivity index (χ0n) is 6.90. The Bertz CT molecular complexity index is 314. The van der Waals surface area contributed by atoms with Crippen LogP contribution in [0.4, 0.5) is 0 Å². The Balaban J connectivity index is 3.12. The third-order valence-corrected chi connectivity index (χ3v) is 2.84. The van der Waals surface area contributed by atoms with Crippen LogP contribution >= 0.6 is 18.7 Å². The molecule has 1 atom stereocenters. The normalized spacial score (nSPS) is 12.2. The molecule has 1 rings (SSSR count). The third kappa shape index (κ3) is 2.41. The van der Waals surface area contributed by atoms with Gasteiger partial charge >= 0.3 is 5.97 Å². The van der Waals surface area contributed by atoms with Crippen molar-refractivity contribution >= 4 is 30.0 Å².